The molecule has 0 spiro atoms. The van der Waals surface area contributed by atoms with Crippen molar-refractivity contribution in [1.29, 1.82) is 0 Å². The number of aliphatic carboxylic acids is 1. The summed E-state index contributed by atoms with van der Waals surface area (Å²) in [7, 11) is 0. The normalized spacial score (nSPS) is 23.1. The van der Waals surface area contributed by atoms with Crippen LogP contribution >= 0.6 is 34.8 Å². The van der Waals surface area contributed by atoms with E-state index in [9.17, 15) is 4.79 Å². The second kappa shape index (κ2) is 6.21. The maximum absolute atomic E-state index is 11.0. The van der Waals surface area contributed by atoms with Crippen LogP contribution in [0.1, 0.15) is 25.7 Å². The summed E-state index contributed by atoms with van der Waals surface area (Å²) in [6, 6.07) is 3.31. The highest BCUT2D eigenvalue weighted by Crippen LogP contribution is 2.36. The topological polar surface area (TPSA) is 49.3 Å². The molecule has 1 aromatic carbocycles. The first-order chi connectivity index (χ1) is 8.97. The van der Waals surface area contributed by atoms with Gasteiger partial charge in [-0.05, 0) is 31.4 Å². The van der Waals surface area contributed by atoms with Crippen LogP contribution in [0.5, 0.6) is 0 Å². The highest BCUT2D eigenvalue weighted by atomic mass is 35.5. The molecule has 0 aliphatic heterocycles. The Morgan fingerprint density at radius 1 is 1.21 bits per heavy atom. The Kier molecular flexibility index (Phi) is 4.82. The van der Waals surface area contributed by atoms with Crippen LogP contribution in [0, 0.1) is 5.92 Å². The van der Waals surface area contributed by atoms with Gasteiger partial charge in [0.1, 0.15) is 0 Å². The molecule has 1 aliphatic rings. The van der Waals surface area contributed by atoms with E-state index in [4.69, 9.17) is 39.9 Å². The highest BCUT2D eigenvalue weighted by molar-refractivity contribution is 6.41. The Bertz CT molecular complexity index is 470. The lowest BCUT2D eigenvalue weighted by atomic mass is 9.85. The number of anilines is 1. The number of benzene rings is 1. The van der Waals surface area contributed by atoms with Crippen LogP contribution < -0.4 is 5.32 Å². The van der Waals surface area contributed by atoms with Crippen molar-refractivity contribution in [2.75, 3.05) is 5.32 Å². The summed E-state index contributed by atoms with van der Waals surface area (Å²) in [5.74, 6) is -1.03. The SMILES string of the molecule is O=C(O)C1CCCC(Nc2c(Cl)cc(Cl)cc2Cl)C1. The number of halogens is 3. The van der Waals surface area contributed by atoms with Crippen molar-refractivity contribution < 1.29 is 9.90 Å². The average molecular weight is 323 g/mol. The van der Waals surface area contributed by atoms with E-state index in [1.54, 1.807) is 12.1 Å². The molecule has 0 amide bonds. The first-order valence-corrected chi connectivity index (χ1v) is 7.24. The molecule has 0 saturated heterocycles. The van der Waals surface area contributed by atoms with Gasteiger partial charge in [0.2, 0.25) is 0 Å². The van der Waals surface area contributed by atoms with Crippen LogP contribution in [0.4, 0.5) is 5.69 Å². The number of carboxylic acid groups (broad SMARTS) is 1. The first-order valence-electron chi connectivity index (χ1n) is 6.11. The maximum Gasteiger partial charge on any atom is 0.306 e. The van der Waals surface area contributed by atoms with E-state index in [1.807, 2.05) is 0 Å². The van der Waals surface area contributed by atoms with Crippen LogP contribution in [-0.2, 0) is 4.79 Å². The third-order valence-corrected chi connectivity index (χ3v) is 4.19. The second-order valence-electron chi connectivity index (χ2n) is 4.79. The minimum Gasteiger partial charge on any atom is -0.481 e. The molecule has 2 rings (SSSR count). The van der Waals surface area contributed by atoms with Crippen LogP contribution in [0.25, 0.3) is 0 Å². The molecule has 19 heavy (non-hydrogen) atoms. The van der Waals surface area contributed by atoms with Crippen molar-refractivity contribution >= 4 is 46.5 Å². The summed E-state index contributed by atoms with van der Waals surface area (Å²) in [5, 5.41) is 13.7. The Hall–Kier alpha value is -0.640. The second-order valence-corrected chi connectivity index (χ2v) is 6.04. The summed E-state index contributed by atoms with van der Waals surface area (Å²) in [5.41, 5.74) is 0.628. The van der Waals surface area contributed by atoms with E-state index >= 15 is 0 Å². The van der Waals surface area contributed by atoms with Crippen LogP contribution in [0.15, 0.2) is 12.1 Å². The van der Waals surface area contributed by atoms with Crippen molar-refractivity contribution in [1.82, 2.24) is 0 Å². The molecule has 0 heterocycles. The number of carboxylic acids is 1. The maximum atomic E-state index is 11.0. The molecule has 3 nitrogen and oxygen atoms in total. The van der Waals surface area contributed by atoms with Crippen molar-refractivity contribution in [3.05, 3.63) is 27.2 Å². The molecule has 2 N–H and O–H groups in total. The molecule has 2 atom stereocenters. The van der Waals surface area contributed by atoms with Crippen molar-refractivity contribution in [3.63, 3.8) is 0 Å². The summed E-state index contributed by atoms with van der Waals surface area (Å²) >= 11 is 18.1. The van der Waals surface area contributed by atoms with Gasteiger partial charge < -0.3 is 10.4 Å². The van der Waals surface area contributed by atoms with Gasteiger partial charge in [0.15, 0.2) is 0 Å². The molecule has 1 aromatic rings. The van der Waals surface area contributed by atoms with Gasteiger partial charge in [-0.25, -0.2) is 0 Å². The number of hydrogen-bond acceptors (Lipinski definition) is 2. The predicted molar refractivity (Wildman–Crippen MR) is 78.5 cm³/mol. The standard InChI is InChI=1S/C13H14Cl3NO2/c14-8-5-10(15)12(11(16)6-8)17-9-3-1-2-7(4-9)13(18)19/h5-7,9,17H,1-4H2,(H,18,19). The van der Waals surface area contributed by atoms with Crippen LogP contribution in [0.2, 0.25) is 15.1 Å². The molecule has 0 aromatic heterocycles. The molecule has 0 bridgehead atoms. The number of rotatable bonds is 3. The molecular formula is C13H14Cl3NO2. The Morgan fingerprint density at radius 2 is 1.84 bits per heavy atom. The number of nitrogens with one attached hydrogen (secondary N) is 1. The monoisotopic (exact) mass is 321 g/mol. The largest absolute Gasteiger partial charge is 0.481 e. The summed E-state index contributed by atoms with van der Waals surface area (Å²) in [6.07, 6.45) is 3.12. The first kappa shape index (κ1) is 14.8. The third kappa shape index (κ3) is 3.68. The molecule has 6 heteroatoms. The molecule has 1 fully saturated rings. The van der Waals surface area contributed by atoms with Gasteiger partial charge in [0.25, 0.3) is 0 Å². The van der Waals surface area contributed by atoms with Crippen molar-refractivity contribution in [3.8, 4) is 0 Å². The zero-order valence-corrected chi connectivity index (χ0v) is 12.4. The van der Waals surface area contributed by atoms with E-state index in [0.29, 0.717) is 27.2 Å². The minimum absolute atomic E-state index is 0.0750. The quantitative estimate of drug-likeness (QED) is 0.848. The van der Waals surface area contributed by atoms with Crippen molar-refractivity contribution in [2.24, 2.45) is 5.92 Å². The Labute approximate surface area is 126 Å². The number of hydrogen-bond donors (Lipinski definition) is 2. The predicted octanol–water partition coefficient (Wildman–Crippen LogP) is 4.70. The minimum atomic E-state index is -0.736. The van der Waals surface area contributed by atoms with E-state index < -0.39 is 5.97 Å². The molecule has 104 valence electrons. The molecular weight excluding hydrogens is 309 g/mol. The summed E-state index contributed by atoms with van der Waals surface area (Å²) < 4.78 is 0. The fourth-order valence-electron chi connectivity index (χ4n) is 2.43. The Morgan fingerprint density at radius 3 is 2.42 bits per heavy atom. The van der Waals surface area contributed by atoms with E-state index in [2.05, 4.69) is 5.32 Å². The van der Waals surface area contributed by atoms with Gasteiger partial charge in [-0.2, -0.15) is 0 Å². The molecule has 1 saturated carbocycles. The van der Waals surface area contributed by atoms with Crippen molar-refractivity contribution in [2.45, 2.75) is 31.7 Å². The number of carbonyl (C=O) groups is 1. The van der Waals surface area contributed by atoms with Crippen LogP contribution in [-0.4, -0.2) is 17.1 Å². The lowest BCUT2D eigenvalue weighted by Crippen LogP contribution is -2.31. The van der Waals surface area contributed by atoms with Gasteiger partial charge in [-0.15, -0.1) is 0 Å². The molecule has 2 unspecified atom stereocenters. The van der Waals surface area contributed by atoms with Gasteiger partial charge in [0, 0.05) is 11.1 Å². The fraction of sp³-hybridized carbons (Fsp3) is 0.462. The van der Waals surface area contributed by atoms with Gasteiger partial charge in [-0.1, -0.05) is 41.2 Å². The lowest BCUT2D eigenvalue weighted by Gasteiger charge is -2.28. The van der Waals surface area contributed by atoms with Gasteiger partial charge in [-0.3, -0.25) is 4.79 Å². The van der Waals surface area contributed by atoms with E-state index in [0.717, 1.165) is 19.3 Å². The van der Waals surface area contributed by atoms with Gasteiger partial charge in [0.05, 0.1) is 21.7 Å². The third-order valence-electron chi connectivity index (χ3n) is 3.38. The fourth-order valence-corrected chi connectivity index (χ4v) is 3.36. The van der Waals surface area contributed by atoms with Gasteiger partial charge >= 0.3 is 5.97 Å². The smallest absolute Gasteiger partial charge is 0.306 e. The lowest BCUT2D eigenvalue weighted by molar-refractivity contribution is -0.142. The summed E-state index contributed by atoms with van der Waals surface area (Å²) in [4.78, 5) is 11.0. The average Bonchev–Trinajstić information content (AvgIpc) is 2.34. The zero-order valence-electron chi connectivity index (χ0n) is 10.1. The zero-order chi connectivity index (χ0) is 14.0. The molecule has 1 aliphatic carbocycles. The Balaban J connectivity index is 2.11. The van der Waals surface area contributed by atoms with Crippen LogP contribution in [0.3, 0.4) is 0 Å². The molecule has 0 radical (unpaired) electrons. The van der Waals surface area contributed by atoms with E-state index in [1.165, 1.54) is 0 Å². The highest BCUT2D eigenvalue weighted by Gasteiger charge is 2.27. The summed E-state index contributed by atoms with van der Waals surface area (Å²) in [6.45, 7) is 0. The van der Waals surface area contributed by atoms with E-state index in [-0.39, 0.29) is 12.0 Å².